The number of allylic oxidation sites excluding steroid dienone is 12. The molecular formula is C38H34. The van der Waals surface area contributed by atoms with E-state index in [1.54, 1.807) is 6.08 Å². The summed E-state index contributed by atoms with van der Waals surface area (Å²) >= 11 is 0. The van der Waals surface area contributed by atoms with E-state index in [2.05, 4.69) is 128 Å². The molecule has 0 radical (unpaired) electrons. The van der Waals surface area contributed by atoms with Gasteiger partial charge in [-0.2, -0.15) is 0 Å². The van der Waals surface area contributed by atoms with Gasteiger partial charge < -0.3 is 0 Å². The lowest BCUT2D eigenvalue weighted by molar-refractivity contribution is 0.905. The van der Waals surface area contributed by atoms with Gasteiger partial charge >= 0.3 is 0 Å². The lowest BCUT2D eigenvalue weighted by Gasteiger charge is -2.19. The van der Waals surface area contributed by atoms with E-state index in [1.807, 2.05) is 12.2 Å². The second-order valence-corrected chi connectivity index (χ2v) is 9.72. The maximum absolute atomic E-state index is 4.43. The first-order valence-electron chi connectivity index (χ1n) is 13.4. The molecule has 0 unspecified atom stereocenters. The first kappa shape index (κ1) is 25.2. The van der Waals surface area contributed by atoms with Gasteiger partial charge in [0.05, 0.1) is 0 Å². The van der Waals surface area contributed by atoms with Crippen LogP contribution in [0.4, 0.5) is 0 Å². The number of hydrogen-bond donors (Lipinski definition) is 0. The van der Waals surface area contributed by atoms with Crippen LogP contribution < -0.4 is 0 Å². The smallest absolute Gasteiger partial charge is 0.00933 e. The second kappa shape index (κ2) is 12.2. The Bertz CT molecular complexity index is 1570. The van der Waals surface area contributed by atoms with Gasteiger partial charge in [0.25, 0.3) is 0 Å². The van der Waals surface area contributed by atoms with Gasteiger partial charge in [0.1, 0.15) is 0 Å². The van der Waals surface area contributed by atoms with E-state index in [0.717, 1.165) is 36.8 Å². The summed E-state index contributed by atoms with van der Waals surface area (Å²) in [6.45, 7) is 8.28. The van der Waals surface area contributed by atoms with Gasteiger partial charge in [-0.25, -0.2) is 0 Å². The molecule has 0 nitrogen and oxygen atoms in total. The van der Waals surface area contributed by atoms with Crippen molar-refractivity contribution in [3.05, 3.63) is 169 Å². The highest BCUT2D eigenvalue weighted by atomic mass is 14.2. The third kappa shape index (κ3) is 5.76. The number of rotatable bonds is 6. The molecule has 0 fully saturated rings. The van der Waals surface area contributed by atoms with Crippen molar-refractivity contribution in [2.75, 3.05) is 0 Å². The van der Waals surface area contributed by atoms with E-state index >= 15 is 0 Å². The number of hydrogen-bond acceptors (Lipinski definition) is 0. The van der Waals surface area contributed by atoms with Crippen molar-refractivity contribution in [1.29, 1.82) is 0 Å². The summed E-state index contributed by atoms with van der Waals surface area (Å²) in [5.41, 5.74) is 10.1. The van der Waals surface area contributed by atoms with E-state index in [4.69, 9.17) is 0 Å². The van der Waals surface area contributed by atoms with Crippen molar-refractivity contribution < 1.29 is 0 Å². The number of benzene rings is 2. The molecule has 186 valence electrons. The van der Waals surface area contributed by atoms with Gasteiger partial charge in [0.2, 0.25) is 0 Å². The van der Waals surface area contributed by atoms with E-state index in [1.165, 1.54) is 44.2 Å². The molecule has 2 aliphatic carbocycles. The molecule has 0 saturated carbocycles. The van der Waals surface area contributed by atoms with Gasteiger partial charge in [0, 0.05) is 0 Å². The van der Waals surface area contributed by atoms with Crippen molar-refractivity contribution in [2.45, 2.75) is 25.7 Å². The molecule has 0 N–H and O–H groups in total. The van der Waals surface area contributed by atoms with Gasteiger partial charge in [-0.3, -0.25) is 0 Å². The Kier molecular flexibility index (Phi) is 8.11. The minimum Gasteiger partial charge on any atom is -0.0991 e. The van der Waals surface area contributed by atoms with Crippen LogP contribution in [0.25, 0.3) is 33.0 Å². The zero-order chi connectivity index (χ0) is 26.2. The molecule has 3 aromatic rings. The molecule has 0 atom stereocenters. The lowest BCUT2D eigenvalue weighted by atomic mass is 9.85. The second-order valence-electron chi connectivity index (χ2n) is 9.72. The summed E-state index contributed by atoms with van der Waals surface area (Å²) in [7, 11) is 0. The highest BCUT2D eigenvalue weighted by molar-refractivity contribution is 6.02. The number of fused-ring (bicyclic) bond motifs is 1. The Morgan fingerprint density at radius 3 is 2.11 bits per heavy atom. The van der Waals surface area contributed by atoms with Crippen LogP contribution in [0.5, 0.6) is 0 Å². The highest BCUT2D eigenvalue weighted by Gasteiger charge is 2.15. The van der Waals surface area contributed by atoms with Crippen LogP contribution in [0.3, 0.4) is 0 Å². The molecule has 0 heterocycles. The summed E-state index contributed by atoms with van der Waals surface area (Å²) < 4.78 is 0. The molecular weight excluding hydrogens is 456 g/mol. The highest BCUT2D eigenvalue weighted by Crippen LogP contribution is 2.37. The Hall–Kier alpha value is -4.42. The van der Waals surface area contributed by atoms with Gasteiger partial charge in [0.15, 0.2) is 0 Å². The lowest BCUT2D eigenvalue weighted by Crippen LogP contribution is -1.99. The molecule has 0 amide bonds. The average molecular weight is 491 g/mol. The maximum Gasteiger partial charge on any atom is -0.00933 e. The minimum atomic E-state index is 0.960. The van der Waals surface area contributed by atoms with E-state index in [0.29, 0.717) is 0 Å². The Balaban J connectivity index is 1.75. The van der Waals surface area contributed by atoms with Crippen molar-refractivity contribution in [3.63, 3.8) is 0 Å². The molecule has 0 aromatic heterocycles. The van der Waals surface area contributed by atoms with Crippen LogP contribution in [0.1, 0.15) is 36.8 Å². The molecule has 38 heavy (non-hydrogen) atoms. The summed E-state index contributed by atoms with van der Waals surface area (Å²) in [5.74, 6) is 0. The van der Waals surface area contributed by atoms with Crippen molar-refractivity contribution >= 4 is 21.9 Å². The van der Waals surface area contributed by atoms with E-state index < -0.39 is 0 Å². The monoisotopic (exact) mass is 490 g/mol. The van der Waals surface area contributed by atoms with Crippen LogP contribution in [-0.4, -0.2) is 0 Å². The topological polar surface area (TPSA) is 0 Å². The summed E-state index contributed by atoms with van der Waals surface area (Å²) in [6.07, 6.45) is 21.6. The maximum atomic E-state index is 4.43. The fourth-order valence-corrected chi connectivity index (χ4v) is 5.26. The van der Waals surface area contributed by atoms with Crippen molar-refractivity contribution in [2.24, 2.45) is 0 Å². The van der Waals surface area contributed by atoms with Crippen LogP contribution in [0.2, 0.25) is 0 Å². The first-order valence-corrected chi connectivity index (χ1v) is 13.4. The van der Waals surface area contributed by atoms with Crippen LogP contribution in [-0.2, 0) is 0 Å². The normalized spacial score (nSPS) is 14.9. The standard InChI is InChI=1S/C38H34/c1-3-4-15-29(2)35-20-13-5-6-14-21-36(33-24-22-32(23-25-33)30-16-9-7-10-17-30)37-27-26-34(28-38(35)37)31-18-11-8-12-19-31/h3-9,11-16,18-22,24,26-28H,1-2,10,17,23,25H2/b6-5?,13-5?,14-6?,15-4-,20-13?,21-14?,35-20?,36-21?,37-36?,38-35?. The average Bonchev–Trinajstić information content (AvgIpc) is 2.98. The molecule has 0 bridgehead atoms. The SMILES string of the molecule is C=C/C=C\C(=C)c1ccccccc(C2=CC=C(C3=CC=CCC3)CC2)c2ccc(-c3ccccc3)cc12. The molecule has 0 heteroatoms. The molecule has 0 spiro atoms. The molecule has 2 aliphatic rings. The zero-order valence-corrected chi connectivity index (χ0v) is 21.9. The van der Waals surface area contributed by atoms with E-state index in [-0.39, 0.29) is 0 Å². The van der Waals surface area contributed by atoms with Crippen molar-refractivity contribution in [3.8, 4) is 11.1 Å². The van der Waals surface area contributed by atoms with Gasteiger partial charge in [-0.1, -0.05) is 141 Å². The van der Waals surface area contributed by atoms with Crippen molar-refractivity contribution in [1.82, 2.24) is 0 Å². The fraction of sp³-hybridized carbons (Fsp3) is 0.105. The minimum absolute atomic E-state index is 0.960. The predicted octanol–water partition coefficient (Wildman–Crippen LogP) is 10.8. The quantitative estimate of drug-likeness (QED) is 0.301. The molecule has 5 rings (SSSR count). The van der Waals surface area contributed by atoms with E-state index in [9.17, 15) is 0 Å². The Morgan fingerprint density at radius 2 is 1.37 bits per heavy atom. The third-order valence-electron chi connectivity index (χ3n) is 7.27. The predicted molar refractivity (Wildman–Crippen MR) is 167 cm³/mol. The van der Waals surface area contributed by atoms with Gasteiger partial charge in [-0.05, 0) is 87.1 Å². The van der Waals surface area contributed by atoms with Gasteiger partial charge in [-0.15, -0.1) is 0 Å². The largest absolute Gasteiger partial charge is 0.0991 e. The summed E-state index contributed by atoms with van der Waals surface area (Å²) in [5, 5.41) is 2.42. The summed E-state index contributed by atoms with van der Waals surface area (Å²) in [4.78, 5) is 0. The zero-order valence-electron chi connectivity index (χ0n) is 21.9. The molecule has 0 aliphatic heterocycles. The third-order valence-corrected chi connectivity index (χ3v) is 7.27. The molecule has 3 aromatic carbocycles. The first-order chi connectivity index (χ1) is 18.7. The molecule has 0 saturated heterocycles. The van der Waals surface area contributed by atoms with Crippen LogP contribution in [0, 0.1) is 0 Å². The Labute approximate surface area is 227 Å². The van der Waals surface area contributed by atoms with Crippen LogP contribution >= 0.6 is 0 Å². The van der Waals surface area contributed by atoms with Crippen LogP contribution in [0.15, 0.2) is 158 Å². The fourth-order valence-electron chi connectivity index (χ4n) is 5.26. The Morgan fingerprint density at radius 1 is 0.658 bits per heavy atom. The summed E-state index contributed by atoms with van der Waals surface area (Å²) in [6, 6.07) is 30.3.